The van der Waals surface area contributed by atoms with Gasteiger partial charge in [-0.15, -0.1) is 0 Å². The first kappa shape index (κ1) is 17.5. The van der Waals surface area contributed by atoms with E-state index in [-0.39, 0.29) is 0 Å². The topological polar surface area (TPSA) is 86.7 Å². The molecule has 2 heterocycles. The summed E-state index contributed by atoms with van der Waals surface area (Å²) < 4.78 is 17.7. The van der Waals surface area contributed by atoms with Gasteiger partial charge >= 0.3 is 37.5 Å². The summed E-state index contributed by atoms with van der Waals surface area (Å²) in [5.41, 5.74) is -0.0246. The van der Waals surface area contributed by atoms with E-state index in [1.165, 1.54) is 19.1 Å². The summed E-state index contributed by atoms with van der Waals surface area (Å²) in [6, 6.07) is 16.9. The molecule has 4 rings (SSSR count). The summed E-state index contributed by atoms with van der Waals surface area (Å²) >= 11 is -2.64. The molecule has 6 nitrogen and oxygen atoms in total. The summed E-state index contributed by atoms with van der Waals surface area (Å²) in [7, 11) is 0. The fourth-order valence-corrected chi connectivity index (χ4v) is 6.60. The van der Waals surface area contributed by atoms with E-state index in [9.17, 15) is 14.4 Å². The van der Waals surface area contributed by atoms with Crippen LogP contribution in [0.5, 0.6) is 0 Å². The van der Waals surface area contributed by atoms with E-state index in [0.29, 0.717) is 11.2 Å². The number of carbonyl (C=O) groups is 1. The van der Waals surface area contributed by atoms with E-state index in [1.807, 2.05) is 24.3 Å². The maximum absolute atomic E-state index is 11.7. The first-order valence-electron chi connectivity index (χ1n) is 7.96. The van der Waals surface area contributed by atoms with Gasteiger partial charge in [-0.25, -0.2) is 17.4 Å². The Hall–Kier alpha value is -2.94. The second-order valence-corrected chi connectivity index (χ2v) is 10.0. The molecular formula is C20H13IO6+. The fraction of sp³-hybridized carbons (Fsp3) is 0.0500. The lowest BCUT2D eigenvalue weighted by Crippen LogP contribution is -3.85. The number of carbonyl (C=O) groups excluding carboxylic acids is 1. The van der Waals surface area contributed by atoms with Crippen LogP contribution in [0.15, 0.2) is 79.1 Å². The molecule has 0 fully saturated rings. The molecule has 0 unspecified atom stereocenters. The van der Waals surface area contributed by atoms with Crippen molar-refractivity contribution < 1.29 is 36.9 Å². The first-order valence-corrected chi connectivity index (χ1v) is 11.0. The van der Waals surface area contributed by atoms with Crippen molar-refractivity contribution >= 4 is 27.9 Å². The van der Waals surface area contributed by atoms with Crippen LogP contribution in [0, 0.1) is 7.14 Å². The fourth-order valence-electron chi connectivity index (χ4n) is 2.61. The molecule has 0 aliphatic carbocycles. The van der Waals surface area contributed by atoms with Gasteiger partial charge in [-0.1, -0.05) is 0 Å². The standard InChI is InChI=1S/C20H13IO6/c1-12(22)27-21(15-6-2-13-4-8-19(23)25-17(13)10-15)16-7-3-14-5-9-20(24)26-18(14)11-16/h2-11H,1H3/q+1. The molecule has 0 atom stereocenters. The molecule has 1 radical (unpaired) electrons. The first-order chi connectivity index (χ1) is 13.0. The number of halogens is 1. The van der Waals surface area contributed by atoms with Gasteiger partial charge in [-0.2, -0.15) is 0 Å². The average molecular weight is 476 g/mol. The van der Waals surface area contributed by atoms with E-state index in [0.717, 1.165) is 17.9 Å². The summed E-state index contributed by atoms with van der Waals surface area (Å²) in [6.45, 7) is 1.35. The average Bonchev–Trinajstić information content (AvgIpc) is 2.64. The van der Waals surface area contributed by atoms with Crippen LogP contribution in [-0.2, 0) is 7.86 Å². The molecule has 2 aromatic carbocycles. The Labute approximate surface area is 160 Å². The second kappa shape index (κ2) is 6.99. The molecule has 4 aromatic rings. The van der Waals surface area contributed by atoms with Crippen LogP contribution < -0.4 is 31.5 Å². The zero-order valence-electron chi connectivity index (χ0n) is 14.1. The molecule has 0 aliphatic rings. The Bertz CT molecular complexity index is 1190. The summed E-state index contributed by atoms with van der Waals surface area (Å²) in [5.74, 6) is -0.399. The maximum atomic E-state index is 11.7. The van der Waals surface area contributed by atoms with E-state index >= 15 is 0 Å². The molecule has 0 N–H and O–H groups in total. The van der Waals surface area contributed by atoms with Crippen LogP contribution in [0.4, 0.5) is 0 Å². The van der Waals surface area contributed by atoms with Crippen LogP contribution in [0.3, 0.4) is 0 Å². The van der Waals surface area contributed by atoms with Gasteiger partial charge in [-0.3, -0.25) is 0 Å². The maximum Gasteiger partial charge on any atom is 0.358 e. The van der Waals surface area contributed by atoms with Crippen molar-refractivity contribution in [3.05, 3.63) is 88.6 Å². The zero-order valence-corrected chi connectivity index (χ0v) is 16.3. The van der Waals surface area contributed by atoms with E-state index in [4.69, 9.17) is 11.9 Å². The molecular weight excluding hydrogens is 463 g/mol. The van der Waals surface area contributed by atoms with Crippen molar-refractivity contribution in [3.63, 3.8) is 0 Å². The molecule has 135 valence electrons. The van der Waals surface area contributed by atoms with Crippen molar-refractivity contribution in [1.82, 2.24) is 0 Å². The molecule has 27 heavy (non-hydrogen) atoms. The van der Waals surface area contributed by atoms with Crippen molar-refractivity contribution in [3.8, 4) is 0 Å². The van der Waals surface area contributed by atoms with Crippen LogP contribution in [0.1, 0.15) is 6.92 Å². The van der Waals surface area contributed by atoms with Crippen LogP contribution >= 0.6 is 0 Å². The van der Waals surface area contributed by atoms with Crippen molar-refractivity contribution in [2.24, 2.45) is 0 Å². The summed E-state index contributed by atoms with van der Waals surface area (Å²) in [4.78, 5) is 34.7. The minimum absolute atomic E-state index is 0.399. The Morgan fingerprint density at radius 3 is 1.67 bits per heavy atom. The third-order valence-electron chi connectivity index (χ3n) is 3.75. The third-order valence-corrected chi connectivity index (χ3v) is 8.42. The highest BCUT2D eigenvalue weighted by Gasteiger charge is 2.34. The van der Waals surface area contributed by atoms with Gasteiger partial charge in [0.05, 0.1) is 0 Å². The van der Waals surface area contributed by atoms with Crippen molar-refractivity contribution in [2.75, 3.05) is 0 Å². The van der Waals surface area contributed by atoms with Gasteiger partial charge in [0.25, 0.3) is 0 Å². The number of hydrogen-bond acceptors (Lipinski definition) is 6. The normalized spacial score (nSPS) is 11.2. The Kier molecular flexibility index (Phi) is 4.53. The third kappa shape index (κ3) is 3.63. The van der Waals surface area contributed by atoms with Crippen LogP contribution in [0.25, 0.3) is 21.9 Å². The molecule has 0 saturated carbocycles. The molecule has 0 aliphatic heterocycles. The minimum atomic E-state index is -2.64. The zero-order chi connectivity index (χ0) is 19.0. The minimum Gasteiger partial charge on any atom is -0.423 e. The van der Waals surface area contributed by atoms with Gasteiger partial charge in [-0.05, 0) is 36.4 Å². The lowest BCUT2D eigenvalue weighted by molar-refractivity contribution is -1.04. The highest BCUT2D eigenvalue weighted by molar-refractivity contribution is 5.76. The monoisotopic (exact) mass is 476 g/mol. The van der Waals surface area contributed by atoms with Crippen molar-refractivity contribution in [2.45, 2.75) is 6.92 Å². The molecule has 0 saturated heterocycles. The lowest BCUT2D eigenvalue weighted by atomic mass is 10.2. The predicted molar refractivity (Wildman–Crippen MR) is 94.1 cm³/mol. The van der Waals surface area contributed by atoms with E-state index in [2.05, 4.69) is 0 Å². The summed E-state index contributed by atoms with van der Waals surface area (Å²) in [6.07, 6.45) is 0. The molecule has 0 spiro atoms. The van der Waals surface area contributed by atoms with Gasteiger partial charge < -0.3 is 8.83 Å². The van der Waals surface area contributed by atoms with Gasteiger partial charge in [0.15, 0.2) is 7.14 Å². The molecule has 7 heteroatoms. The van der Waals surface area contributed by atoms with E-state index in [1.54, 1.807) is 24.3 Å². The number of hydrogen-bond donors (Lipinski definition) is 0. The number of fused-ring (bicyclic) bond motifs is 2. The van der Waals surface area contributed by atoms with Gasteiger partial charge in [0.2, 0.25) is 0 Å². The highest BCUT2D eigenvalue weighted by Crippen LogP contribution is 2.11. The lowest BCUT2D eigenvalue weighted by Gasteiger charge is -2.05. The highest BCUT2D eigenvalue weighted by atomic mass is 127. The van der Waals surface area contributed by atoms with Crippen LogP contribution in [-0.4, -0.2) is 5.97 Å². The molecule has 2 aromatic heterocycles. The van der Waals surface area contributed by atoms with E-state index < -0.39 is 37.5 Å². The Morgan fingerprint density at radius 2 is 1.22 bits per heavy atom. The van der Waals surface area contributed by atoms with Gasteiger partial charge in [0, 0.05) is 42.0 Å². The smallest absolute Gasteiger partial charge is 0.358 e. The predicted octanol–water partition coefficient (Wildman–Crippen LogP) is 0.0416. The molecule has 0 bridgehead atoms. The number of benzene rings is 2. The number of rotatable bonds is 3. The molecule has 0 amide bonds. The largest absolute Gasteiger partial charge is 0.423 e. The van der Waals surface area contributed by atoms with Crippen molar-refractivity contribution in [1.29, 1.82) is 0 Å². The quantitative estimate of drug-likeness (QED) is 0.307. The Morgan fingerprint density at radius 1 is 0.778 bits per heavy atom. The van der Waals surface area contributed by atoms with Crippen LogP contribution in [0.2, 0.25) is 0 Å². The Balaban J connectivity index is 1.87. The SMILES string of the molecule is CC(=O)O[I+](c1ccc2ccc(=O)oc2c1)c1ccc2ccc(=O)oc2c1. The summed E-state index contributed by atoms with van der Waals surface area (Å²) in [5, 5.41) is 1.56. The van der Waals surface area contributed by atoms with Gasteiger partial charge in [0.1, 0.15) is 11.2 Å². The second-order valence-electron chi connectivity index (χ2n) is 5.69.